The summed E-state index contributed by atoms with van der Waals surface area (Å²) >= 11 is 0. The third kappa shape index (κ3) is 5.97. The van der Waals surface area contributed by atoms with Gasteiger partial charge in [-0.25, -0.2) is 4.39 Å². The van der Waals surface area contributed by atoms with Crippen molar-refractivity contribution < 1.29 is 28.1 Å². The van der Waals surface area contributed by atoms with E-state index in [4.69, 9.17) is 18.9 Å². The summed E-state index contributed by atoms with van der Waals surface area (Å²) < 4.78 is 35.3. The minimum Gasteiger partial charge on any atom is -0.497 e. The normalized spacial score (nSPS) is 14.2. The van der Waals surface area contributed by atoms with E-state index in [9.17, 15) is 9.18 Å². The molecule has 0 N–H and O–H groups in total. The van der Waals surface area contributed by atoms with E-state index in [0.29, 0.717) is 22.7 Å². The first-order valence-electron chi connectivity index (χ1n) is 12.2. The van der Waals surface area contributed by atoms with Gasteiger partial charge in [-0.15, -0.1) is 0 Å². The fourth-order valence-electron chi connectivity index (χ4n) is 4.76. The molecule has 0 aliphatic carbocycles. The Morgan fingerprint density at radius 2 is 1.51 bits per heavy atom. The summed E-state index contributed by atoms with van der Waals surface area (Å²) in [5, 5.41) is 0. The number of anilines is 1. The van der Waals surface area contributed by atoms with E-state index in [2.05, 4.69) is 4.90 Å². The molecule has 0 radical (unpaired) electrons. The molecule has 4 rings (SSSR count). The van der Waals surface area contributed by atoms with Crippen molar-refractivity contribution in [3.63, 3.8) is 0 Å². The lowest BCUT2D eigenvalue weighted by molar-refractivity contribution is 0.0958. The van der Waals surface area contributed by atoms with Crippen molar-refractivity contribution >= 4 is 11.6 Å². The number of carbonyl (C=O) groups excluding carboxylic acids is 1. The Balaban J connectivity index is 1.56. The Kier molecular flexibility index (Phi) is 8.50. The van der Waals surface area contributed by atoms with Crippen molar-refractivity contribution in [2.45, 2.75) is 25.4 Å². The molecule has 1 saturated heterocycles. The molecule has 0 aromatic heterocycles. The van der Waals surface area contributed by atoms with Crippen molar-refractivity contribution in [1.29, 1.82) is 0 Å². The minimum atomic E-state index is -0.378. The first-order valence-corrected chi connectivity index (χ1v) is 12.2. The number of nitrogens with zero attached hydrogens (tertiary/aromatic N) is 2. The van der Waals surface area contributed by atoms with Gasteiger partial charge < -0.3 is 23.8 Å². The van der Waals surface area contributed by atoms with Gasteiger partial charge in [0.2, 0.25) is 0 Å². The molecule has 7 nitrogen and oxygen atoms in total. The van der Waals surface area contributed by atoms with Gasteiger partial charge >= 0.3 is 0 Å². The van der Waals surface area contributed by atoms with Gasteiger partial charge in [-0.05, 0) is 55.3 Å². The molecule has 1 amide bonds. The number of likely N-dealkylation sites (tertiary alicyclic amines) is 1. The molecule has 0 atom stereocenters. The topological polar surface area (TPSA) is 60.5 Å². The Morgan fingerprint density at radius 1 is 0.838 bits per heavy atom. The van der Waals surface area contributed by atoms with E-state index in [1.54, 1.807) is 39.4 Å². The molecule has 0 bridgehead atoms. The van der Waals surface area contributed by atoms with E-state index < -0.39 is 0 Å². The second-order valence-electron chi connectivity index (χ2n) is 8.91. The SMILES string of the molecule is COc1ccc(CN2CCC(N(C(=O)c3ccc(F)cc3)c3ccc(OC)c(OC)c3)CC2)c(OC)c1. The summed E-state index contributed by atoms with van der Waals surface area (Å²) in [6.45, 7) is 2.35. The molecule has 3 aromatic carbocycles. The lowest BCUT2D eigenvalue weighted by atomic mass is 10.00. The smallest absolute Gasteiger partial charge is 0.258 e. The summed E-state index contributed by atoms with van der Waals surface area (Å²) in [7, 11) is 6.44. The van der Waals surface area contributed by atoms with Crippen LogP contribution in [0, 0.1) is 5.82 Å². The van der Waals surface area contributed by atoms with Gasteiger partial charge in [0.1, 0.15) is 17.3 Å². The van der Waals surface area contributed by atoms with Crippen LogP contribution in [-0.4, -0.2) is 58.4 Å². The van der Waals surface area contributed by atoms with Gasteiger partial charge in [-0.1, -0.05) is 6.07 Å². The summed E-state index contributed by atoms with van der Waals surface area (Å²) in [4.78, 5) is 17.9. The van der Waals surface area contributed by atoms with Gasteiger partial charge in [-0.3, -0.25) is 9.69 Å². The van der Waals surface area contributed by atoms with Crippen molar-refractivity contribution in [2.75, 3.05) is 46.4 Å². The molecule has 1 fully saturated rings. The van der Waals surface area contributed by atoms with Crippen LogP contribution in [0.3, 0.4) is 0 Å². The first kappa shape index (κ1) is 26.3. The number of hydrogen-bond donors (Lipinski definition) is 0. The number of carbonyl (C=O) groups is 1. The molecular formula is C29H33FN2O5. The lowest BCUT2D eigenvalue weighted by Gasteiger charge is -2.39. The van der Waals surface area contributed by atoms with Crippen LogP contribution in [0.25, 0.3) is 0 Å². The monoisotopic (exact) mass is 508 g/mol. The largest absolute Gasteiger partial charge is 0.497 e. The molecule has 37 heavy (non-hydrogen) atoms. The second kappa shape index (κ2) is 12.0. The number of hydrogen-bond acceptors (Lipinski definition) is 6. The van der Waals surface area contributed by atoms with Crippen LogP contribution in [0.4, 0.5) is 10.1 Å². The number of rotatable bonds is 9. The number of halogens is 1. The zero-order valence-electron chi connectivity index (χ0n) is 21.7. The van der Waals surface area contributed by atoms with Gasteiger partial charge in [-0.2, -0.15) is 0 Å². The zero-order valence-corrected chi connectivity index (χ0v) is 21.7. The zero-order chi connectivity index (χ0) is 26.4. The predicted octanol–water partition coefficient (Wildman–Crippen LogP) is 5.17. The number of amides is 1. The second-order valence-corrected chi connectivity index (χ2v) is 8.91. The Labute approximate surface area is 217 Å². The average Bonchev–Trinajstić information content (AvgIpc) is 2.94. The van der Waals surface area contributed by atoms with Crippen LogP contribution in [0.15, 0.2) is 60.7 Å². The fraction of sp³-hybridized carbons (Fsp3) is 0.345. The van der Waals surface area contributed by atoms with E-state index in [1.165, 1.54) is 24.3 Å². The van der Waals surface area contributed by atoms with Crippen molar-refractivity contribution in [1.82, 2.24) is 4.90 Å². The van der Waals surface area contributed by atoms with E-state index >= 15 is 0 Å². The van der Waals surface area contributed by atoms with Gasteiger partial charge in [0.15, 0.2) is 11.5 Å². The van der Waals surface area contributed by atoms with Crippen molar-refractivity contribution in [3.05, 3.63) is 77.6 Å². The van der Waals surface area contributed by atoms with Gasteiger partial charge in [0, 0.05) is 54.6 Å². The fourth-order valence-corrected chi connectivity index (χ4v) is 4.76. The highest BCUT2D eigenvalue weighted by Gasteiger charge is 2.31. The molecule has 0 spiro atoms. The molecule has 1 aliphatic rings. The number of ether oxygens (including phenoxy) is 4. The average molecular weight is 509 g/mol. The van der Waals surface area contributed by atoms with E-state index in [-0.39, 0.29) is 17.8 Å². The van der Waals surface area contributed by atoms with Crippen LogP contribution in [0.5, 0.6) is 23.0 Å². The maximum Gasteiger partial charge on any atom is 0.258 e. The number of methoxy groups -OCH3 is 4. The highest BCUT2D eigenvalue weighted by molar-refractivity contribution is 6.06. The third-order valence-electron chi connectivity index (χ3n) is 6.77. The van der Waals surface area contributed by atoms with Gasteiger partial charge in [0.25, 0.3) is 5.91 Å². The molecule has 8 heteroatoms. The molecule has 1 aliphatic heterocycles. The first-order chi connectivity index (χ1) is 18.0. The molecule has 0 saturated carbocycles. The molecule has 3 aromatic rings. The highest BCUT2D eigenvalue weighted by atomic mass is 19.1. The van der Waals surface area contributed by atoms with Crippen LogP contribution in [0.2, 0.25) is 0 Å². The Bertz CT molecular complexity index is 1210. The van der Waals surface area contributed by atoms with Gasteiger partial charge in [0.05, 0.1) is 28.4 Å². The molecule has 1 heterocycles. The molecule has 196 valence electrons. The summed E-state index contributed by atoms with van der Waals surface area (Å²) in [6.07, 6.45) is 1.56. The van der Waals surface area contributed by atoms with Crippen molar-refractivity contribution in [2.24, 2.45) is 0 Å². The molecule has 0 unspecified atom stereocenters. The van der Waals surface area contributed by atoms with E-state index in [0.717, 1.165) is 49.5 Å². The van der Waals surface area contributed by atoms with Crippen LogP contribution in [0.1, 0.15) is 28.8 Å². The predicted molar refractivity (Wildman–Crippen MR) is 141 cm³/mol. The summed E-state index contributed by atoms with van der Waals surface area (Å²) in [5.74, 6) is 2.12. The summed E-state index contributed by atoms with van der Waals surface area (Å²) in [5.41, 5.74) is 2.23. The lowest BCUT2D eigenvalue weighted by Crippen LogP contribution is -2.47. The number of benzene rings is 3. The maximum absolute atomic E-state index is 13.7. The van der Waals surface area contributed by atoms with Crippen molar-refractivity contribution in [3.8, 4) is 23.0 Å². The van der Waals surface area contributed by atoms with E-state index in [1.807, 2.05) is 30.3 Å². The minimum absolute atomic E-state index is 0.0373. The third-order valence-corrected chi connectivity index (χ3v) is 6.77. The van der Waals surface area contributed by atoms with Crippen LogP contribution >= 0.6 is 0 Å². The Hall–Kier alpha value is -3.78. The maximum atomic E-state index is 13.7. The standard InChI is InChI=1S/C29H33FN2O5/c1-34-25-11-7-21(27(18-25)36-3)19-31-15-13-23(14-16-31)32(29(33)20-5-8-22(30)9-6-20)24-10-12-26(35-2)28(17-24)37-4/h5-12,17-18,23H,13-16,19H2,1-4H3. The highest BCUT2D eigenvalue weighted by Crippen LogP contribution is 2.35. The van der Waals surface area contributed by atoms with Crippen LogP contribution in [-0.2, 0) is 6.54 Å². The molecular weight excluding hydrogens is 475 g/mol. The number of piperidine rings is 1. The Morgan fingerprint density at radius 3 is 2.14 bits per heavy atom. The van der Waals surface area contributed by atoms with Crippen LogP contribution < -0.4 is 23.8 Å². The quantitative estimate of drug-likeness (QED) is 0.397. The summed E-state index contributed by atoms with van der Waals surface area (Å²) in [6, 6.07) is 17.0.